The lowest BCUT2D eigenvalue weighted by Gasteiger charge is -2.07. The second kappa shape index (κ2) is 4.92. The van der Waals surface area contributed by atoms with Crippen LogP contribution in [0.15, 0.2) is 12.3 Å². The number of aromatic nitrogens is 1. The normalized spacial score (nSPS) is 9.77. The third-order valence-corrected chi connectivity index (χ3v) is 1.67. The second-order valence-corrected chi connectivity index (χ2v) is 2.73. The molecular formula is C9H12ClNO2. The van der Waals surface area contributed by atoms with E-state index in [1.165, 1.54) is 6.20 Å². The van der Waals surface area contributed by atoms with Gasteiger partial charge in [-0.15, -0.1) is 0 Å². The van der Waals surface area contributed by atoms with Crippen LogP contribution in [0.25, 0.3) is 0 Å². The van der Waals surface area contributed by atoms with Crippen molar-refractivity contribution in [1.29, 1.82) is 0 Å². The van der Waals surface area contributed by atoms with Crippen molar-refractivity contribution in [1.82, 2.24) is 4.98 Å². The van der Waals surface area contributed by atoms with Gasteiger partial charge in [0.1, 0.15) is 10.8 Å². The molecule has 0 atom stereocenters. The summed E-state index contributed by atoms with van der Waals surface area (Å²) in [6, 6.07) is 1.69. The molecule has 0 bridgehead atoms. The fourth-order valence-electron chi connectivity index (χ4n) is 0.895. The predicted octanol–water partition coefficient (Wildman–Crippen LogP) is 2.53. The van der Waals surface area contributed by atoms with Crippen molar-refractivity contribution >= 4 is 11.6 Å². The molecule has 0 unspecified atom stereocenters. The summed E-state index contributed by atoms with van der Waals surface area (Å²) in [5.74, 6) is 1.15. The number of pyridine rings is 1. The van der Waals surface area contributed by atoms with Crippen LogP contribution in [0.2, 0.25) is 5.02 Å². The Morgan fingerprint density at radius 2 is 2.00 bits per heavy atom. The lowest BCUT2D eigenvalue weighted by atomic mass is 10.4. The quantitative estimate of drug-likeness (QED) is 0.750. The highest BCUT2D eigenvalue weighted by Gasteiger charge is 2.03. The number of nitrogens with zero attached hydrogens (tertiary/aromatic N) is 1. The second-order valence-electron chi connectivity index (χ2n) is 2.32. The van der Waals surface area contributed by atoms with Crippen molar-refractivity contribution in [2.45, 2.75) is 13.8 Å². The molecule has 0 saturated heterocycles. The van der Waals surface area contributed by atoms with Crippen molar-refractivity contribution in [2.75, 3.05) is 13.2 Å². The third-order valence-electron chi connectivity index (χ3n) is 1.39. The number of halogens is 1. The Balaban J connectivity index is 2.83. The van der Waals surface area contributed by atoms with Crippen LogP contribution < -0.4 is 9.47 Å². The molecule has 1 heterocycles. The van der Waals surface area contributed by atoms with Crippen molar-refractivity contribution < 1.29 is 9.47 Å². The summed E-state index contributed by atoms with van der Waals surface area (Å²) >= 11 is 5.83. The van der Waals surface area contributed by atoms with Gasteiger partial charge in [-0.3, -0.25) is 0 Å². The van der Waals surface area contributed by atoms with Crippen molar-refractivity contribution in [3.63, 3.8) is 0 Å². The molecule has 0 amide bonds. The van der Waals surface area contributed by atoms with E-state index in [0.29, 0.717) is 29.9 Å². The highest BCUT2D eigenvalue weighted by atomic mass is 35.5. The summed E-state index contributed by atoms with van der Waals surface area (Å²) in [6.45, 7) is 4.96. The molecule has 0 radical (unpaired) electrons. The Morgan fingerprint density at radius 3 is 2.62 bits per heavy atom. The van der Waals surface area contributed by atoms with Gasteiger partial charge in [0.05, 0.1) is 19.4 Å². The van der Waals surface area contributed by atoms with Crippen molar-refractivity contribution in [3.8, 4) is 11.6 Å². The lowest BCUT2D eigenvalue weighted by Crippen LogP contribution is -1.97. The molecule has 72 valence electrons. The fraction of sp³-hybridized carbons (Fsp3) is 0.444. The Morgan fingerprint density at radius 1 is 1.31 bits per heavy atom. The monoisotopic (exact) mass is 201 g/mol. The molecule has 0 aliphatic carbocycles. The minimum absolute atomic E-state index is 0.505. The topological polar surface area (TPSA) is 31.4 Å². The van der Waals surface area contributed by atoms with Crippen molar-refractivity contribution in [3.05, 3.63) is 17.3 Å². The first-order valence-corrected chi connectivity index (χ1v) is 4.56. The third kappa shape index (κ3) is 2.77. The zero-order chi connectivity index (χ0) is 9.68. The van der Waals surface area contributed by atoms with Crippen LogP contribution >= 0.6 is 11.6 Å². The van der Waals surface area contributed by atoms with E-state index in [-0.39, 0.29) is 0 Å². The Labute approximate surface area is 82.6 Å². The number of hydrogen-bond acceptors (Lipinski definition) is 3. The molecule has 1 aromatic heterocycles. The standard InChI is InChI=1S/C9H12ClNO2/c1-3-12-8-5-9(13-4-2)11-6-7(8)10/h5-6H,3-4H2,1-2H3. The average Bonchev–Trinajstić information content (AvgIpc) is 2.12. The van der Waals surface area contributed by atoms with Crippen LogP contribution in [0, 0.1) is 0 Å². The number of ether oxygens (including phenoxy) is 2. The van der Waals surface area contributed by atoms with E-state index < -0.39 is 0 Å². The molecular weight excluding hydrogens is 190 g/mol. The molecule has 0 fully saturated rings. The molecule has 1 aromatic rings. The highest BCUT2D eigenvalue weighted by molar-refractivity contribution is 6.31. The maximum absolute atomic E-state index is 5.83. The SMILES string of the molecule is CCOc1cc(OCC)c(Cl)cn1. The maximum atomic E-state index is 5.83. The highest BCUT2D eigenvalue weighted by Crippen LogP contribution is 2.26. The molecule has 4 heteroatoms. The van der Waals surface area contributed by atoms with Crippen LogP contribution in [0.3, 0.4) is 0 Å². The van der Waals surface area contributed by atoms with E-state index in [1.54, 1.807) is 6.07 Å². The number of hydrogen-bond donors (Lipinski definition) is 0. The molecule has 0 aromatic carbocycles. The zero-order valence-electron chi connectivity index (χ0n) is 7.71. The summed E-state index contributed by atoms with van der Waals surface area (Å²) < 4.78 is 10.5. The van der Waals surface area contributed by atoms with Gasteiger partial charge in [-0.25, -0.2) is 4.98 Å². The Kier molecular flexibility index (Phi) is 3.83. The first kappa shape index (κ1) is 10.1. The molecule has 13 heavy (non-hydrogen) atoms. The van der Waals surface area contributed by atoms with Gasteiger partial charge in [0.15, 0.2) is 0 Å². The van der Waals surface area contributed by atoms with E-state index in [9.17, 15) is 0 Å². The lowest BCUT2D eigenvalue weighted by molar-refractivity contribution is 0.314. The Bertz CT molecular complexity index is 278. The molecule has 1 rings (SSSR count). The van der Waals surface area contributed by atoms with E-state index in [1.807, 2.05) is 13.8 Å². The van der Waals surface area contributed by atoms with E-state index in [0.717, 1.165) is 0 Å². The molecule has 3 nitrogen and oxygen atoms in total. The zero-order valence-corrected chi connectivity index (χ0v) is 8.47. The van der Waals surface area contributed by atoms with Crippen LogP contribution in [0.1, 0.15) is 13.8 Å². The smallest absolute Gasteiger partial charge is 0.217 e. The minimum atomic E-state index is 0.505. The summed E-state index contributed by atoms with van der Waals surface area (Å²) in [5.41, 5.74) is 0. The van der Waals surface area contributed by atoms with Crippen LogP contribution in [-0.2, 0) is 0 Å². The predicted molar refractivity (Wildman–Crippen MR) is 51.6 cm³/mol. The van der Waals surface area contributed by atoms with Crippen LogP contribution in [0.4, 0.5) is 0 Å². The fourth-order valence-corrected chi connectivity index (χ4v) is 1.05. The molecule has 0 aliphatic heterocycles. The molecule has 0 aliphatic rings. The maximum Gasteiger partial charge on any atom is 0.217 e. The molecule has 0 N–H and O–H groups in total. The largest absolute Gasteiger partial charge is 0.492 e. The summed E-state index contributed by atoms with van der Waals surface area (Å²) in [6.07, 6.45) is 1.53. The van der Waals surface area contributed by atoms with Gasteiger partial charge in [0, 0.05) is 6.07 Å². The first-order valence-electron chi connectivity index (χ1n) is 4.19. The van der Waals surface area contributed by atoms with Gasteiger partial charge < -0.3 is 9.47 Å². The average molecular weight is 202 g/mol. The van der Waals surface area contributed by atoms with Gasteiger partial charge in [-0.2, -0.15) is 0 Å². The molecule has 0 saturated carbocycles. The van der Waals surface area contributed by atoms with Crippen LogP contribution in [-0.4, -0.2) is 18.2 Å². The van der Waals surface area contributed by atoms with Gasteiger partial charge >= 0.3 is 0 Å². The molecule has 0 spiro atoms. The van der Waals surface area contributed by atoms with E-state index >= 15 is 0 Å². The van der Waals surface area contributed by atoms with E-state index in [2.05, 4.69) is 4.98 Å². The van der Waals surface area contributed by atoms with Gasteiger partial charge in [-0.1, -0.05) is 11.6 Å². The summed E-state index contributed by atoms with van der Waals surface area (Å²) in [4.78, 5) is 3.98. The Hall–Kier alpha value is -0.960. The first-order chi connectivity index (χ1) is 6.27. The number of rotatable bonds is 4. The summed E-state index contributed by atoms with van der Waals surface area (Å²) in [7, 11) is 0. The van der Waals surface area contributed by atoms with Crippen molar-refractivity contribution in [2.24, 2.45) is 0 Å². The van der Waals surface area contributed by atoms with Gasteiger partial charge in [0.2, 0.25) is 5.88 Å². The summed E-state index contributed by atoms with van der Waals surface area (Å²) in [5, 5.41) is 0.505. The van der Waals surface area contributed by atoms with Gasteiger partial charge in [-0.05, 0) is 13.8 Å². The van der Waals surface area contributed by atoms with Gasteiger partial charge in [0.25, 0.3) is 0 Å². The van der Waals surface area contributed by atoms with Crippen LogP contribution in [0.5, 0.6) is 11.6 Å². The van der Waals surface area contributed by atoms with E-state index in [4.69, 9.17) is 21.1 Å². The minimum Gasteiger partial charge on any atom is -0.492 e.